The van der Waals surface area contributed by atoms with Crippen LogP contribution >= 0.6 is 0 Å². The monoisotopic (exact) mass is 413 g/mol. The first-order valence-corrected chi connectivity index (χ1v) is 9.73. The Morgan fingerprint density at radius 3 is 2.76 bits per heavy atom. The minimum Gasteiger partial charge on any atom is -0.462 e. The molecule has 10 nitrogen and oxygen atoms in total. The lowest BCUT2D eigenvalue weighted by atomic mass is 9.94. The number of nitrogens with two attached hydrogens (primary N) is 2. The number of hydrogen-bond acceptors (Lipinski definition) is 9. The van der Waals surface area contributed by atoms with Crippen LogP contribution in [0.1, 0.15) is 51.7 Å². The molecule has 0 aromatic carbocycles. The van der Waals surface area contributed by atoms with Crippen LogP contribution in [0.4, 0.5) is 10.2 Å². The molecule has 1 aromatic heterocycles. The number of aromatic nitrogens is 2. The van der Waals surface area contributed by atoms with Crippen molar-refractivity contribution < 1.29 is 18.7 Å². The lowest BCUT2D eigenvalue weighted by molar-refractivity contribution is -0.158. The first-order chi connectivity index (χ1) is 13.9. The Hall–Kier alpha value is -2.40. The maximum Gasteiger partial charge on any atom is 0.351 e. The molecule has 11 heteroatoms. The summed E-state index contributed by atoms with van der Waals surface area (Å²) in [6.07, 6.45) is 2.75. The van der Waals surface area contributed by atoms with Crippen LogP contribution in [-0.2, 0) is 14.3 Å². The Morgan fingerprint density at radius 2 is 2.14 bits per heavy atom. The number of nitroso groups, excluding NO2 is 1. The molecule has 1 fully saturated rings. The van der Waals surface area contributed by atoms with Crippen LogP contribution in [0, 0.1) is 4.91 Å². The third-order valence-electron chi connectivity index (χ3n) is 5.02. The number of rotatable bonds is 11. The number of nitrogen functional groups attached to an aromatic ring is 1. The van der Waals surface area contributed by atoms with E-state index in [9.17, 15) is 18.9 Å². The molecular weight excluding hydrogens is 385 g/mol. The van der Waals surface area contributed by atoms with Crippen LogP contribution in [0.5, 0.6) is 0 Å². The van der Waals surface area contributed by atoms with E-state index in [1.54, 1.807) is 0 Å². The van der Waals surface area contributed by atoms with Crippen molar-refractivity contribution in [1.82, 2.24) is 9.55 Å². The van der Waals surface area contributed by atoms with E-state index in [0.29, 0.717) is 6.42 Å². The quantitative estimate of drug-likeness (QED) is 0.314. The van der Waals surface area contributed by atoms with Crippen molar-refractivity contribution in [2.75, 3.05) is 18.9 Å². The highest BCUT2D eigenvalue weighted by molar-refractivity contribution is 5.69. The molecule has 0 radical (unpaired) electrons. The fourth-order valence-electron chi connectivity index (χ4n) is 3.30. The third-order valence-corrected chi connectivity index (χ3v) is 5.02. The SMILES string of the molecule is CCCCCCCC(=O)OC[C@@]1(CN)O[C@@H](n2ccc(N)nc2=O)[C@H](F)[C@@H]1N=O. The van der Waals surface area contributed by atoms with Gasteiger partial charge in [0.15, 0.2) is 18.4 Å². The molecular formula is C18H28FN5O5. The molecule has 0 aliphatic carbocycles. The van der Waals surface area contributed by atoms with Gasteiger partial charge in [-0.15, -0.1) is 0 Å². The van der Waals surface area contributed by atoms with Gasteiger partial charge in [0.05, 0.1) is 0 Å². The fraction of sp³-hybridized carbons (Fsp3) is 0.722. The summed E-state index contributed by atoms with van der Waals surface area (Å²) in [5.41, 5.74) is 8.65. The molecule has 4 atom stereocenters. The lowest BCUT2D eigenvalue weighted by Crippen LogP contribution is -2.51. The van der Waals surface area contributed by atoms with E-state index in [0.717, 1.165) is 30.3 Å². The molecule has 0 unspecified atom stereocenters. The molecule has 2 heterocycles. The minimum atomic E-state index is -1.98. The summed E-state index contributed by atoms with van der Waals surface area (Å²) >= 11 is 0. The number of halogens is 1. The van der Waals surface area contributed by atoms with Gasteiger partial charge in [0.2, 0.25) is 0 Å². The van der Waals surface area contributed by atoms with E-state index < -0.39 is 42.3 Å². The van der Waals surface area contributed by atoms with E-state index in [2.05, 4.69) is 17.1 Å². The summed E-state index contributed by atoms with van der Waals surface area (Å²) in [4.78, 5) is 38.9. The zero-order valence-electron chi connectivity index (χ0n) is 16.5. The molecule has 1 saturated heterocycles. The second kappa shape index (κ2) is 10.4. The van der Waals surface area contributed by atoms with E-state index in [1.807, 2.05) is 0 Å². The van der Waals surface area contributed by atoms with Crippen molar-refractivity contribution >= 4 is 11.8 Å². The van der Waals surface area contributed by atoms with Gasteiger partial charge >= 0.3 is 11.7 Å². The number of unbranched alkanes of at least 4 members (excludes halogenated alkanes) is 4. The standard InChI is InChI=1S/C18H28FN5O5/c1-2-3-4-5-6-7-13(25)28-11-18(10-20)15(23-27)14(19)16(29-18)24-9-8-12(21)22-17(24)26/h8-9,14-16H,2-7,10-11,20H2,1H3,(H2,21,22,26)/t14-,15+,16-,18-/m1/s1. The second-order valence-corrected chi connectivity index (χ2v) is 7.14. The van der Waals surface area contributed by atoms with Crippen molar-refractivity contribution in [3.05, 3.63) is 27.7 Å². The van der Waals surface area contributed by atoms with Gasteiger partial charge in [-0.2, -0.15) is 9.89 Å². The molecule has 1 aliphatic rings. The zero-order chi connectivity index (χ0) is 21.4. The van der Waals surface area contributed by atoms with Gasteiger partial charge in [-0.25, -0.2) is 9.18 Å². The van der Waals surface area contributed by atoms with Crippen molar-refractivity contribution in [3.8, 4) is 0 Å². The Labute approximate surface area is 167 Å². The van der Waals surface area contributed by atoms with Gasteiger partial charge in [-0.1, -0.05) is 37.8 Å². The van der Waals surface area contributed by atoms with E-state index in [1.165, 1.54) is 12.3 Å². The predicted octanol–water partition coefficient (Wildman–Crippen LogP) is 1.43. The summed E-state index contributed by atoms with van der Waals surface area (Å²) in [6.45, 7) is 1.32. The van der Waals surface area contributed by atoms with Crippen LogP contribution < -0.4 is 17.2 Å². The molecule has 0 saturated carbocycles. The van der Waals surface area contributed by atoms with Crippen LogP contribution in [0.25, 0.3) is 0 Å². The molecule has 0 spiro atoms. The number of carbonyl (C=O) groups excluding carboxylic acids is 1. The molecule has 4 N–H and O–H groups in total. The lowest BCUT2D eigenvalue weighted by Gasteiger charge is -2.29. The summed E-state index contributed by atoms with van der Waals surface area (Å²) in [7, 11) is 0. The van der Waals surface area contributed by atoms with Crippen molar-refractivity contribution in [2.24, 2.45) is 10.9 Å². The van der Waals surface area contributed by atoms with Crippen molar-refractivity contribution in [2.45, 2.75) is 69.5 Å². The van der Waals surface area contributed by atoms with Gasteiger partial charge in [0.1, 0.15) is 18.0 Å². The number of ether oxygens (including phenoxy) is 2. The molecule has 162 valence electrons. The van der Waals surface area contributed by atoms with Gasteiger partial charge in [-0.05, 0) is 12.5 Å². The van der Waals surface area contributed by atoms with Crippen molar-refractivity contribution in [1.29, 1.82) is 0 Å². The number of nitrogens with zero attached hydrogens (tertiary/aromatic N) is 3. The highest BCUT2D eigenvalue weighted by Crippen LogP contribution is 2.40. The molecule has 2 rings (SSSR count). The second-order valence-electron chi connectivity index (χ2n) is 7.14. The summed E-state index contributed by atoms with van der Waals surface area (Å²) < 4.78 is 26.6. The van der Waals surface area contributed by atoms with Gasteiger partial charge in [-0.3, -0.25) is 9.36 Å². The fourth-order valence-corrected chi connectivity index (χ4v) is 3.30. The smallest absolute Gasteiger partial charge is 0.351 e. The number of hydrogen-bond donors (Lipinski definition) is 2. The zero-order valence-corrected chi connectivity index (χ0v) is 16.5. The number of carbonyl (C=O) groups is 1. The Bertz CT molecular complexity index is 760. The maximum absolute atomic E-state index is 14.9. The maximum atomic E-state index is 14.9. The van der Waals surface area contributed by atoms with E-state index in [4.69, 9.17) is 20.9 Å². The highest BCUT2D eigenvalue weighted by Gasteiger charge is 2.58. The summed E-state index contributed by atoms with van der Waals surface area (Å²) in [5.74, 6) is -0.532. The van der Waals surface area contributed by atoms with Crippen LogP contribution in [-0.4, -0.2) is 46.5 Å². The topological polar surface area (TPSA) is 152 Å². The largest absolute Gasteiger partial charge is 0.462 e. The average molecular weight is 413 g/mol. The van der Waals surface area contributed by atoms with Gasteiger partial charge < -0.3 is 20.9 Å². The molecule has 0 amide bonds. The van der Waals surface area contributed by atoms with Crippen molar-refractivity contribution in [3.63, 3.8) is 0 Å². The number of esters is 1. The Kier molecular flexibility index (Phi) is 8.21. The van der Waals surface area contributed by atoms with E-state index in [-0.39, 0.29) is 18.8 Å². The van der Waals surface area contributed by atoms with Crippen LogP contribution in [0.15, 0.2) is 22.2 Å². The summed E-state index contributed by atoms with van der Waals surface area (Å²) in [5, 5.41) is 2.81. The first-order valence-electron chi connectivity index (χ1n) is 9.73. The van der Waals surface area contributed by atoms with Crippen LogP contribution in [0.2, 0.25) is 0 Å². The predicted molar refractivity (Wildman–Crippen MR) is 104 cm³/mol. The number of alkyl halides is 1. The van der Waals surface area contributed by atoms with Crippen LogP contribution in [0.3, 0.4) is 0 Å². The van der Waals surface area contributed by atoms with Gasteiger partial charge in [0.25, 0.3) is 0 Å². The molecule has 1 aromatic rings. The van der Waals surface area contributed by atoms with E-state index >= 15 is 0 Å². The average Bonchev–Trinajstić information content (AvgIpc) is 2.98. The first kappa shape index (κ1) is 22.9. The number of anilines is 1. The molecule has 29 heavy (non-hydrogen) atoms. The third kappa shape index (κ3) is 5.36. The Morgan fingerprint density at radius 1 is 1.41 bits per heavy atom. The minimum absolute atomic E-state index is 0.0392. The highest BCUT2D eigenvalue weighted by atomic mass is 19.1. The Balaban J connectivity index is 2.06. The molecule has 0 bridgehead atoms. The normalized spacial score (nSPS) is 26.4. The molecule has 1 aliphatic heterocycles. The summed E-state index contributed by atoms with van der Waals surface area (Å²) in [6, 6.07) is -0.263. The van der Waals surface area contributed by atoms with Gasteiger partial charge in [0, 0.05) is 19.2 Å².